The monoisotopic (exact) mass is 200 g/mol. The minimum absolute atomic E-state index is 0.142. The van der Waals surface area contributed by atoms with Crippen molar-refractivity contribution in [3.8, 4) is 0 Å². The van der Waals surface area contributed by atoms with Crippen molar-refractivity contribution in [3.63, 3.8) is 0 Å². The van der Waals surface area contributed by atoms with Gasteiger partial charge < -0.3 is 15.0 Å². The molecule has 0 aromatic heterocycles. The molecule has 0 aromatic carbocycles. The molecule has 0 spiro atoms. The summed E-state index contributed by atoms with van der Waals surface area (Å²) in [5.41, 5.74) is 0. The Kier molecular flexibility index (Phi) is 4.35. The summed E-state index contributed by atoms with van der Waals surface area (Å²) in [7, 11) is 0. The van der Waals surface area contributed by atoms with Crippen molar-refractivity contribution in [3.05, 3.63) is 0 Å². The van der Waals surface area contributed by atoms with Gasteiger partial charge in [0.1, 0.15) is 0 Å². The smallest absolute Gasteiger partial charge is 0.219 e. The molecule has 1 unspecified atom stereocenters. The number of morpholine rings is 1. The highest BCUT2D eigenvalue weighted by Gasteiger charge is 2.21. The van der Waals surface area contributed by atoms with Crippen molar-refractivity contribution in [2.45, 2.75) is 32.9 Å². The molecule has 0 bridgehead atoms. The Morgan fingerprint density at radius 1 is 1.64 bits per heavy atom. The van der Waals surface area contributed by atoms with E-state index in [2.05, 4.69) is 19.2 Å². The lowest BCUT2D eigenvalue weighted by molar-refractivity contribution is -0.136. The lowest BCUT2D eigenvalue weighted by Gasteiger charge is -2.32. The first-order valence-electron chi connectivity index (χ1n) is 5.20. The highest BCUT2D eigenvalue weighted by molar-refractivity contribution is 5.73. The molecule has 1 saturated heterocycles. The van der Waals surface area contributed by atoms with Gasteiger partial charge in [-0.05, 0) is 0 Å². The third kappa shape index (κ3) is 3.64. The van der Waals surface area contributed by atoms with Crippen LogP contribution in [0.3, 0.4) is 0 Å². The summed E-state index contributed by atoms with van der Waals surface area (Å²) in [6.45, 7) is 8.74. The third-order valence-corrected chi connectivity index (χ3v) is 2.34. The summed E-state index contributed by atoms with van der Waals surface area (Å²) in [6, 6.07) is 0.464. The third-order valence-electron chi connectivity index (χ3n) is 2.34. The van der Waals surface area contributed by atoms with E-state index >= 15 is 0 Å². The number of amides is 1. The lowest BCUT2D eigenvalue weighted by Crippen LogP contribution is -2.49. The van der Waals surface area contributed by atoms with Gasteiger partial charge in [-0.25, -0.2) is 0 Å². The predicted molar refractivity (Wildman–Crippen MR) is 55.1 cm³/mol. The van der Waals surface area contributed by atoms with Crippen molar-refractivity contribution in [2.75, 3.05) is 26.2 Å². The summed E-state index contributed by atoms with van der Waals surface area (Å²) in [5, 5.41) is 3.31. The van der Waals surface area contributed by atoms with Gasteiger partial charge in [0, 0.05) is 32.6 Å². The summed E-state index contributed by atoms with van der Waals surface area (Å²) in [4.78, 5) is 13.0. The van der Waals surface area contributed by atoms with E-state index in [-0.39, 0.29) is 12.0 Å². The quantitative estimate of drug-likeness (QED) is 0.709. The number of ether oxygens (including phenoxy) is 1. The van der Waals surface area contributed by atoms with Crippen molar-refractivity contribution >= 4 is 5.91 Å². The Morgan fingerprint density at radius 3 is 2.93 bits per heavy atom. The molecule has 1 atom stereocenters. The summed E-state index contributed by atoms with van der Waals surface area (Å²) >= 11 is 0. The lowest BCUT2D eigenvalue weighted by atomic mass is 10.2. The fourth-order valence-corrected chi connectivity index (χ4v) is 1.50. The molecule has 1 aliphatic rings. The van der Waals surface area contributed by atoms with Crippen LogP contribution in [0, 0.1) is 0 Å². The van der Waals surface area contributed by atoms with E-state index in [9.17, 15) is 4.79 Å². The molecule has 0 aromatic rings. The number of nitrogens with one attached hydrogen (secondary N) is 1. The van der Waals surface area contributed by atoms with Gasteiger partial charge in [0.15, 0.2) is 0 Å². The van der Waals surface area contributed by atoms with Crippen LogP contribution in [0.5, 0.6) is 0 Å². The highest BCUT2D eigenvalue weighted by atomic mass is 16.5. The summed E-state index contributed by atoms with van der Waals surface area (Å²) in [5.74, 6) is 0.142. The maximum Gasteiger partial charge on any atom is 0.219 e. The van der Waals surface area contributed by atoms with Gasteiger partial charge in [-0.1, -0.05) is 13.8 Å². The number of hydrogen-bond donors (Lipinski definition) is 1. The molecule has 1 amide bonds. The van der Waals surface area contributed by atoms with E-state index < -0.39 is 0 Å². The second kappa shape index (κ2) is 5.32. The zero-order valence-corrected chi connectivity index (χ0v) is 9.25. The Labute approximate surface area is 85.6 Å². The molecule has 1 rings (SSSR count). The minimum atomic E-state index is 0.142. The van der Waals surface area contributed by atoms with E-state index in [4.69, 9.17) is 4.74 Å². The van der Waals surface area contributed by atoms with Crippen LogP contribution in [-0.4, -0.2) is 49.2 Å². The van der Waals surface area contributed by atoms with Crippen LogP contribution in [0.1, 0.15) is 20.8 Å². The Bertz CT molecular complexity index is 195. The van der Waals surface area contributed by atoms with Crippen LogP contribution in [0.4, 0.5) is 0 Å². The molecular weight excluding hydrogens is 180 g/mol. The second-order valence-electron chi connectivity index (χ2n) is 4.02. The number of rotatable bonds is 3. The zero-order valence-electron chi connectivity index (χ0n) is 9.25. The van der Waals surface area contributed by atoms with Crippen LogP contribution in [-0.2, 0) is 9.53 Å². The maximum absolute atomic E-state index is 11.1. The van der Waals surface area contributed by atoms with E-state index in [1.54, 1.807) is 6.92 Å². The molecule has 1 aliphatic heterocycles. The van der Waals surface area contributed by atoms with Gasteiger partial charge in [0.2, 0.25) is 5.91 Å². The number of nitrogens with zero attached hydrogens (tertiary/aromatic N) is 1. The first-order valence-corrected chi connectivity index (χ1v) is 5.20. The highest BCUT2D eigenvalue weighted by Crippen LogP contribution is 2.04. The minimum Gasteiger partial charge on any atom is -0.373 e. The number of carbonyl (C=O) groups is 1. The Morgan fingerprint density at radius 2 is 2.36 bits per heavy atom. The molecule has 0 aliphatic carbocycles. The largest absolute Gasteiger partial charge is 0.373 e. The molecular formula is C10H20N2O2. The predicted octanol–water partition coefficient (Wildman–Crippen LogP) is 0.232. The van der Waals surface area contributed by atoms with Crippen LogP contribution < -0.4 is 5.32 Å². The van der Waals surface area contributed by atoms with Gasteiger partial charge in [0.05, 0.1) is 12.7 Å². The molecule has 82 valence electrons. The van der Waals surface area contributed by atoms with Crippen LogP contribution in [0.25, 0.3) is 0 Å². The zero-order chi connectivity index (χ0) is 10.6. The van der Waals surface area contributed by atoms with E-state index in [0.717, 1.165) is 19.6 Å². The normalized spacial score (nSPS) is 22.9. The van der Waals surface area contributed by atoms with Crippen molar-refractivity contribution < 1.29 is 9.53 Å². The summed E-state index contributed by atoms with van der Waals surface area (Å²) in [6.07, 6.45) is 0.148. The molecule has 1 N–H and O–H groups in total. The van der Waals surface area contributed by atoms with Crippen molar-refractivity contribution in [2.24, 2.45) is 0 Å². The Hall–Kier alpha value is -0.610. The van der Waals surface area contributed by atoms with Crippen molar-refractivity contribution in [1.82, 2.24) is 10.2 Å². The van der Waals surface area contributed by atoms with Crippen LogP contribution >= 0.6 is 0 Å². The fraction of sp³-hybridized carbons (Fsp3) is 0.900. The standard InChI is InChI=1S/C10H20N2O2/c1-8(2)11-6-10-7-12(9(3)13)4-5-14-10/h8,10-11H,4-7H2,1-3H3. The topological polar surface area (TPSA) is 41.6 Å². The average Bonchev–Trinajstić information content (AvgIpc) is 2.15. The molecule has 14 heavy (non-hydrogen) atoms. The van der Waals surface area contributed by atoms with E-state index in [1.807, 2.05) is 4.90 Å². The first-order chi connectivity index (χ1) is 6.59. The van der Waals surface area contributed by atoms with E-state index in [1.165, 1.54) is 0 Å². The van der Waals surface area contributed by atoms with Crippen LogP contribution in [0.15, 0.2) is 0 Å². The average molecular weight is 200 g/mol. The van der Waals surface area contributed by atoms with Gasteiger partial charge in [-0.15, -0.1) is 0 Å². The number of carbonyl (C=O) groups excluding carboxylic acids is 1. The molecule has 1 fully saturated rings. The molecule has 4 nitrogen and oxygen atoms in total. The molecule has 1 heterocycles. The number of hydrogen-bond acceptors (Lipinski definition) is 3. The van der Waals surface area contributed by atoms with Gasteiger partial charge in [0.25, 0.3) is 0 Å². The molecule has 0 saturated carbocycles. The van der Waals surface area contributed by atoms with Gasteiger partial charge >= 0.3 is 0 Å². The summed E-state index contributed by atoms with van der Waals surface area (Å²) < 4.78 is 5.55. The van der Waals surface area contributed by atoms with Gasteiger partial charge in [-0.2, -0.15) is 0 Å². The second-order valence-corrected chi connectivity index (χ2v) is 4.02. The first kappa shape index (κ1) is 11.5. The fourth-order valence-electron chi connectivity index (χ4n) is 1.50. The maximum atomic E-state index is 11.1. The van der Waals surface area contributed by atoms with Crippen molar-refractivity contribution in [1.29, 1.82) is 0 Å². The van der Waals surface area contributed by atoms with Crippen LogP contribution in [0.2, 0.25) is 0 Å². The molecule has 0 radical (unpaired) electrons. The Balaban J connectivity index is 2.29. The SMILES string of the molecule is CC(=O)N1CCOC(CNC(C)C)C1. The molecule has 4 heteroatoms. The van der Waals surface area contributed by atoms with Gasteiger partial charge in [-0.3, -0.25) is 4.79 Å². The van der Waals surface area contributed by atoms with E-state index in [0.29, 0.717) is 12.6 Å².